The van der Waals surface area contributed by atoms with Crippen LogP contribution >= 0.6 is 0 Å². The molecule has 5 nitrogen and oxygen atoms in total. The molecule has 1 saturated heterocycles. The largest absolute Gasteiger partial charge is 0.314 e. The van der Waals surface area contributed by atoms with Crippen LogP contribution in [0.15, 0.2) is 0 Å². The number of piperazine rings is 1. The van der Waals surface area contributed by atoms with Gasteiger partial charge in [-0.2, -0.15) is 0 Å². The number of sulfonamides is 1. The van der Waals surface area contributed by atoms with Gasteiger partial charge in [0.2, 0.25) is 10.0 Å². The molecule has 0 aromatic heterocycles. The highest BCUT2D eigenvalue weighted by Crippen LogP contribution is 2.48. The molecule has 0 aromatic rings. The maximum atomic E-state index is 12.0. The van der Waals surface area contributed by atoms with Gasteiger partial charge in [-0.1, -0.05) is 13.3 Å². The highest BCUT2D eigenvalue weighted by molar-refractivity contribution is 7.89. The lowest BCUT2D eigenvalue weighted by molar-refractivity contribution is 0.253. The number of nitrogens with zero attached hydrogens (tertiary/aromatic N) is 1. The maximum absolute atomic E-state index is 12.0. The Hall–Kier alpha value is -0.170. The molecule has 0 aromatic carbocycles. The number of nitrogens with one attached hydrogen (secondary N) is 2. The van der Waals surface area contributed by atoms with Gasteiger partial charge in [0.05, 0.1) is 5.75 Å². The Kier molecular flexibility index (Phi) is 5.22. The van der Waals surface area contributed by atoms with E-state index in [1.54, 1.807) is 0 Å². The van der Waals surface area contributed by atoms with E-state index >= 15 is 0 Å². The van der Waals surface area contributed by atoms with Crippen LogP contribution in [0.1, 0.15) is 32.6 Å². The molecule has 2 N–H and O–H groups in total. The Labute approximate surface area is 117 Å². The van der Waals surface area contributed by atoms with Crippen LogP contribution in [-0.4, -0.2) is 58.3 Å². The standard InChI is InChI=1S/C13H27N3O2S/c1-2-3-13(4-5-13)12-15-19(17,18)11-10-16-8-6-14-7-9-16/h14-15H,2-12H2,1H3. The SMILES string of the molecule is CCCC1(CNS(=O)(=O)CCN2CCNCC2)CC1. The Morgan fingerprint density at radius 3 is 2.53 bits per heavy atom. The number of rotatable bonds is 8. The first-order valence-electron chi connectivity index (χ1n) is 7.46. The van der Waals surface area contributed by atoms with Crippen molar-refractivity contribution in [1.82, 2.24) is 14.9 Å². The molecule has 1 heterocycles. The Balaban J connectivity index is 1.69. The normalized spacial score (nSPS) is 23.4. The Bertz CT molecular complexity index is 373. The molecule has 1 aliphatic carbocycles. The van der Waals surface area contributed by atoms with E-state index in [1.165, 1.54) is 12.8 Å². The fourth-order valence-corrected chi connectivity index (χ4v) is 3.91. The first kappa shape index (κ1) is 15.2. The smallest absolute Gasteiger partial charge is 0.212 e. The van der Waals surface area contributed by atoms with Crippen LogP contribution < -0.4 is 10.0 Å². The molecule has 2 fully saturated rings. The van der Waals surface area contributed by atoms with Gasteiger partial charge in [0, 0.05) is 39.3 Å². The second kappa shape index (κ2) is 6.52. The van der Waals surface area contributed by atoms with E-state index in [0.29, 0.717) is 13.1 Å². The maximum Gasteiger partial charge on any atom is 0.212 e. The minimum absolute atomic E-state index is 0.231. The number of hydrogen-bond donors (Lipinski definition) is 2. The van der Waals surface area contributed by atoms with Crippen LogP contribution in [0.5, 0.6) is 0 Å². The third-order valence-corrected chi connectivity index (χ3v) is 5.59. The fourth-order valence-electron chi connectivity index (χ4n) is 2.74. The monoisotopic (exact) mass is 289 g/mol. The summed E-state index contributed by atoms with van der Waals surface area (Å²) in [5.41, 5.74) is 0.289. The summed E-state index contributed by atoms with van der Waals surface area (Å²) >= 11 is 0. The Morgan fingerprint density at radius 1 is 1.26 bits per heavy atom. The van der Waals surface area contributed by atoms with Crippen molar-refractivity contribution in [2.45, 2.75) is 32.6 Å². The zero-order valence-corrected chi connectivity index (χ0v) is 12.8. The second-order valence-corrected chi connectivity index (χ2v) is 7.91. The van der Waals surface area contributed by atoms with E-state index in [1.807, 2.05) is 0 Å². The minimum atomic E-state index is -3.10. The lowest BCUT2D eigenvalue weighted by Crippen LogP contribution is -2.46. The molecule has 0 bridgehead atoms. The molecule has 112 valence electrons. The van der Waals surface area contributed by atoms with Crippen molar-refractivity contribution in [3.05, 3.63) is 0 Å². The van der Waals surface area contributed by atoms with Crippen LogP contribution in [0.4, 0.5) is 0 Å². The molecule has 1 saturated carbocycles. The van der Waals surface area contributed by atoms with Crippen LogP contribution in [-0.2, 0) is 10.0 Å². The molecule has 2 aliphatic rings. The van der Waals surface area contributed by atoms with E-state index in [-0.39, 0.29) is 11.2 Å². The van der Waals surface area contributed by atoms with Crippen molar-refractivity contribution in [1.29, 1.82) is 0 Å². The van der Waals surface area contributed by atoms with Crippen LogP contribution in [0.25, 0.3) is 0 Å². The lowest BCUT2D eigenvalue weighted by atomic mass is 10.0. The van der Waals surface area contributed by atoms with Crippen molar-refractivity contribution in [3.63, 3.8) is 0 Å². The zero-order chi connectivity index (χ0) is 13.8. The first-order chi connectivity index (χ1) is 9.05. The molecule has 0 unspecified atom stereocenters. The third kappa shape index (κ3) is 5.02. The Morgan fingerprint density at radius 2 is 1.95 bits per heavy atom. The summed E-state index contributed by atoms with van der Waals surface area (Å²) < 4.78 is 26.8. The van der Waals surface area contributed by atoms with Gasteiger partial charge in [0.15, 0.2) is 0 Å². The lowest BCUT2D eigenvalue weighted by Gasteiger charge is -2.27. The van der Waals surface area contributed by atoms with Gasteiger partial charge in [-0.25, -0.2) is 13.1 Å². The molecule has 0 radical (unpaired) electrons. The predicted molar refractivity (Wildman–Crippen MR) is 77.7 cm³/mol. The van der Waals surface area contributed by atoms with E-state index in [4.69, 9.17) is 0 Å². The van der Waals surface area contributed by atoms with Crippen molar-refractivity contribution >= 4 is 10.0 Å². The second-order valence-electron chi connectivity index (χ2n) is 5.98. The van der Waals surface area contributed by atoms with Crippen LogP contribution in [0.3, 0.4) is 0 Å². The van der Waals surface area contributed by atoms with E-state index in [9.17, 15) is 8.42 Å². The van der Waals surface area contributed by atoms with Crippen molar-refractivity contribution in [3.8, 4) is 0 Å². The predicted octanol–water partition coefficient (Wildman–Crippen LogP) is 0.391. The summed E-state index contributed by atoms with van der Waals surface area (Å²) in [6.07, 6.45) is 4.65. The topological polar surface area (TPSA) is 61.4 Å². The molecule has 19 heavy (non-hydrogen) atoms. The summed E-state index contributed by atoms with van der Waals surface area (Å²) in [7, 11) is -3.10. The summed E-state index contributed by atoms with van der Waals surface area (Å²) in [4.78, 5) is 2.22. The molecule has 2 rings (SSSR count). The molecular weight excluding hydrogens is 262 g/mol. The van der Waals surface area contributed by atoms with Crippen molar-refractivity contribution < 1.29 is 8.42 Å². The zero-order valence-electron chi connectivity index (χ0n) is 12.0. The molecular formula is C13H27N3O2S. The van der Waals surface area contributed by atoms with Gasteiger partial charge >= 0.3 is 0 Å². The summed E-state index contributed by atoms with van der Waals surface area (Å²) in [5, 5.41) is 3.27. The average molecular weight is 289 g/mol. The molecule has 6 heteroatoms. The molecule has 0 spiro atoms. The van der Waals surface area contributed by atoms with Gasteiger partial charge in [-0.15, -0.1) is 0 Å². The summed E-state index contributed by atoms with van der Waals surface area (Å²) in [6, 6.07) is 0. The quantitative estimate of drug-likeness (QED) is 0.679. The van der Waals surface area contributed by atoms with Gasteiger partial charge in [0.1, 0.15) is 0 Å². The number of hydrogen-bond acceptors (Lipinski definition) is 4. The van der Waals surface area contributed by atoms with Crippen molar-refractivity contribution in [2.75, 3.05) is 45.0 Å². The summed E-state index contributed by atoms with van der Waals surface area (Å²) in [5.74, 6) is 0.231. The van der Waals surface area contributed by atoms with Crippen LogP contribution in [0.2, 0.25) is 0 Å². The highest BCUT2D eigenvalue weighted by Gasteiger charge is 2.41. The minimum Gasteiger partial charge on any atom is -0.314 e. The van der Waals surface area contributed by atoms with Gasteiger partial charge < -0.3 is 5.32 Å². The molecule has 0 atom stereocenters. The average Bonchev–Trinajstić information content (AvgIpc) is 3.17. The first-order valence-corrected chi connectivity index (χ1v) is 9.11. The van der Waals surface area contributed by atoms with E-state index in [2.05, 4.69) is 21.9 Å². The van der Waals surface area contributed by atoms with E-state index in [0.717, 1.165) is 39.0 Å². The van der Waals surface area contributed by atoms with Gasteiger partial charge in [-0.3, -0.25) is 4.90 Å². The van der Waals surface area contributed by atoms with Gasteiger partial charge in [0.25, 0.3) is 0 Å². The fraction of sp³-hybridized carbons (Fsp3) is 1.00. The van der Waals surface area contributed by atoms with Gasteiger partial charge in [-0.05, 0) is 24.7 Å². The van der Waals surface area contributed by atoms with Crippen molar-refractivity contribution in [2.24, 2.45) is 5.41 Å². The van der Waals surface area contributed by atoms with Crippen LogP contribution in [0, 0.1) is 5.41 Å². The highest BCUT2D eigenvalue weighted by atomic mass is 32.2. The summed E-state index contributed by atoms with van der Waals surface area (Å²) in [6.45, 7) is 7.30. The molecule has 1 aliphatic heterocycles. The third-order valence-electron chi connectivity index (χ3n) is 4.29. The van der Waals surface area contributed by atoms with E-state index < -0.39 is 10.0 Å². The molecule has 0 amide bonds.